The van der Waals surface area contributed by atoms with Gasteiger partial charge in [0, 0.05) is 18.7 Å². The first-order valence-electron chi connectivity index (χ1n) is 7.09. The Balaban J connectivity index is 1.93. The van der Waals surface area contributed by atoms with Crippen LogP contribution in [-0.2, 0) is 9.59 Å². The molecule has 0 saturated carbocycles. The van der Waals surface area contributed by atoms with Gasteiger partial charge in [0.1, 0.15) is 11.8 Å². The predicted octanol–water partition coefficient (Wildman–Crippen LogP) is 2.10. The van der Waals surface area contributed by atoms with Gasteiger partial charge in [-0.25, -0.2) is 0 Å². The zero-order valence-electron chi connectivity index (χ0n) is 12.7. The summed E-state index contributed by atoms with van der Waals surface area (Å²) in [6.07, 6.45) is 4.50. The molecule has 1 aromatic heterocycles. The van der Waals surface area contributed by atoms with Crippen molar-refractivity contribution in [2.45, 2.75) is 13.0 Å². The van der Waals surface area contributed by atoms with Gasteiger partial charge in [0.15, 0.2) is 0 Å². The lowest BCUT2D eigenvalue weighted by molar-refractivity contribution is -0.117. The number of carbonyl (C=O) groups is 2. The Morgan fingerprint density at radius 2 is 2.00 bits per heavy atom. The molecule has 1 aromatic carbocycles. The summed E-state index contributed by atoms with van der Waals surface area (Å²) in [4.78, 5) is 22.8. The predicted molar refractivity (Wildman–Crippen MR) is 86.5 cm³/mol. The largest absolute Gasteiger partial charge is 0.467 e. The summed E-state index contributed by atoms with van der Waals surface area (Å²) in [6.45, 7) is 1.19. The van der Waals surface area contributed by atoms with Gasteiger partial charge in [-0.05, 0) is 35.9 Å². The van der Waals surface area contributed by atoms with Crippen LogP contribution in [0.25, 0.3) is 6.08 Å². The van der Waals surface area contributed by atoms with Gasteiger partial charge < -0.3 is 20.2 Å². The van der Waals surface area contributed by atoms with Crippen molar-refractivity contribution in [2.75, 3.05) is 11.9 Å². The molecule has 6 nitrogen and oxygen atoms in total. The molecule has 2 amide bonds. The molecule has 120 valence electrons. The second kappa shape index (κ2) is 7.95. The summed E-state index contributed by atoms with van der Waals surface area (Å²) >= 11 is 0. The summed E-state index contributed by atoms with van der Waals surface area (Å²) in [7, 11) is 0. The molecule has 0 aliphatic carbocycles. The van der Waals surface area contributed by atoms with E-state index in [2.05, 4.69) is 10.6 Å². The minimum absolute atomic E-state index is 0.138. The van der Waals surface area contributed by atoms with Crippen LogP contribution in [-0.4, -0.2) is 23.5 Å². The topological polar surface area (TPSA) is 91.6 Å². The number of rotatable bonds is 6. The fourth-order valence-electron chi connectivity index (χ4n) is 1.97. The van der Waals surface area contributed by atoms with E-state index < -0.39 is 6.04 Å². The molecule has 1 unspecified atom stereocenters. The molecule has 0 aliphatic heterocycles. The number of furan rings is 1. The summed E-state index contributed by atoms with van der Waals surface area (Å²) in [5.41, 5.74) is 1.50. The zero-order chi connectivity index (χ0) is 16.7. The maximum Gasteiger partial charge on any atom is 0.244 e. The van der Waals surface area contributed by atoms with E-state index in [1.807, 2.05) is 0 Å². The third kappa shape index (κ3) is 5.12. The molecule has 2 aromatic rings. The zero-order valence-corrected chi connectivity index (χ0v) is 12.7. The van der Waals surface area contributed by atoms with E-state index in [1.165, 1.54) is 19.3 Å². The van der Waals surface area contributed by atoms with Gasteiger partial charge in [-0.2, -0.15) is 0 Å². The fraction of sp³-hybridized carbons (Fsp3) is 0.176. The molecule has 2 rings (SSSR count). The first-order chi connectivity index (χ1) is 11.1. The monoisotopic (exact) mass is 314 g/mol. The number of aliphatic hydroxyl groups is 1. The molecule has 0 saturated heterocycles. The van der Waals surface area contributed by atoms with Gasteiger partial charge in [-0.3, -0.25) is 9.59 Å². The minimum Gasteiger partial charge on any atom is -0.467 e. The second-order valence-electron chi connectivity index (χ2n) is 4.90. The summed E-state index contributed by atoms with van der Waals surface area (Å²) < 4.78 is 5.16. The van der Waals surface area contributed by atoms with Crippen LogP contribution in [0.1, 0.15) is 24.3 Å². The van der Waals surface area contributed by atoms with Crippen LogP contribution in [0.4, 0.5) is 5.69 Å². The molecule has 0 bridgehead atoms. The highest BCUT2D eigenvalue weighted by Gasteiger charge is 2.14. The standard InChI is InChI=1S/C17H18N2O4/c1-12(21)18-14-7-4-13(5-8-14)6-9-17(22)19-15(11-20)16-3-2-10-23-16/h2-10,15,20H,11H2,1H3,(H,18,21)(H,19,22)/b9-6+. The smallest absolute Gasteiger partial charge is 0.244 e. The molecule has 3 N–H and O–H groups in total. The van der Waals surface area contributed by atoms with Gasteiger partial charge in [-0.1, -0.05) is 12.1 Å². The molecule has 0 radical (unpaired) electrons. The van der Waals surface area contributed by atoms with E-state index in [9.17, 15) is 14.7 Å². The van der Waals surface area contributed by atoms with E-state index in [1.54, 1.807) is 42.5 Å². The van der Waals surface area contributed by atoms with Crippen LogP contribution in [0.5, 0.6) is 0 Å². The fourth-order valence-corrected chi connectivity index (χ4v) is 1.97. The van der Waals surface area contributed by atoms with Crippen molar-refractivity contribution in [1.82, 2.24) is 5.32 Å². The van der Waals surface area contributed by atoms with Crippen LogP contribution < -0.4 is 10.6 Å². The Hall–Kier alpha value is -2.86. The van der Waals surface area contributed by atoms with Gasteiger partial charge in [0.25, 0.3) is 0 Å². The SMILES string of the molecule is CC(=O)Nc1ccc(/C=C/C(=O)NC(CO)c2ccco2)cc1. The van der Waals surface area contributed by atoms with Gasteiger partial charge in [0.05, 0.1) is 12.9 Å². The van der Waals surface area contributed by atoms with E-state index in [-0.39, 0.29) is 18.4 Å². The van der Waals surface area contributed by atoms with Crippen molar-refractivity contribution in [3.05, 3.63) is 60.1 Å². The number of hydrogen-bond acceptors (Lipinski definition) is 4. The quantitative estimate of drug-likeness (QED) is 0.712. The van der Waals surface area contributed by atoms with Gasteiger partial charge >= 0.3 is 0 Å². The van der Waals surface area contributed by atoms with Crippen molar-refractivity contribution in [2.24, 2.45) is 0 Å². The Labute approximate surface area is 133 Å². The maximum atomic E-state index is 11.9. The number of nitrogens with one attached hydrogen (secondary N) is 2. The summed E-state index contributed by atoms with van der Waals surface area (Å²) in [6, 6.07) is 9.86. The van der Waals surface area contributed by atoms with Crippen LogP contribution in [0.15, 0.2) is 53.2 Å². The molecule has 0 spiro atoms. The van der Waals surface area contributed by atoms with Crippen LogP contribution in [0.3, 0.4) is 0 Å². The Kier molecular flexibility index (Phi) is 5.71. The second-order valence-corrected chi connectivity index (χ2v) is 4.90. The minimum atomic E-state index is -0.579. The average molecular weight is 314 g/mol. The molecule has 0 aliphatic rings. The van der Waals surface area contributed by atoms with Crippen molar-refractivity contribution in [1.29, 1.82) is 0 Å². The number of anilines is 1. The lowest BCUT2D eigenvalue weighted by Gasteiger charge is -2.12. The molecular formula is C17H18N2O4. The van der Waals surface area contributed by atoms with Crippen molar-refractivity contribution in [3.8, 4) is 0 Å². The highest BCUT2D eigenvalue weighted by molar-refractivity contribution is 5.92. The van der Waals surface area contributed by atoms with E-state index in [4.69, 9.17) is 4.42 Å². The number of carbonyl (C=O) groups excluding carboxylic acids is 2. The lowest BCUT2D eigenvalue weighted by Crippen LogP contribution is -2.28. The molecule has 0 fully saturated rings. The summed E-state index contributed by atoms with van der Waals surface area (Å²) in [5, 5.41) is 14.6. The van der Waals surface area contributed by atoms with Crippen LogP contribution in [0, 0.1) is 0 Å². The first kappa shape index (κ1) is 16.5. The molecule has 6 heteroatoms. The van der Waals surface area contributed by atoms with Crippen LogP contribution >= 0.6 is 0 Å². The van der Waals surface area contributed by atoms with E-state index >= 15 is 0 Å². The normalized spacial score (nSPS) is 12.1. The van der Waals surface area contributed by atoms with Crippen LogP contribution in [0.2, 0.25) is 0 Å². The number of hydrogen-bond donors (Lipinski definition) is 3. The number of benzene rings is 1. The van der Waals surface area contributed by atoms with Gasteiger partial charge in [0.2, 0.25) is 11.8 Å². The number of amides is 2. The van der Waals surface area contributed by atoms with Crippen molar-refractivity contribution >= 4 is 23.6 Å². The lowest BCUT2D eigenvalue weighted by atomic mass is 10.2. The van der Waals surface area contributed by atoms with Crippen molar-refractivity contribution in [3.63, 3.8) is 0 Å². The van der Waals surface area contributed by atoms with E-state index in [0.717, 1.165) is 5.56 Å². The summed E-state index contributed by atoms with van der Waals surface area (Å²) in [5.74, 6) is 0.0148. The molecular weight excluding hydrogens is 296 g/mol. The van der Waals surface area contributed by atoms with E-state index in [0.29, 0.717) is 11.4 Å². The number of aliphatic hydroxyl groups excluding tert-OH is 1. The average Bonchev–Trinajstić information content (AvgIpc) is 3.05. The highest BCUT2D eigenvalue weighted by Crippen LogP contribution is 2.13. The Morgan fingerprint density at radius 1 is 1.26 bits per heavy atom. The Morgan fingerprint density at radius 3 is 2.57 bits per heavy atom. The van der Waals surface area contributed by atoms with Crippen molar-refractivity contribution < 1.29 is 19.1 Å². The third-order valence-electron chi connectivity index (χ3n) is 3.04. The molecule has 23 heavy (non-hydrogen) atoms. The first-order valence-corrected chi connectivity index (χ1v) is 7.09. The molecule has 1 heterocycles. The van der Waals surface area contributed by atoms with Gasteiger partial charge in [-0.15, -0.1) is 0 Å². The molecule has 1 atom stereocenters. The highest BCUT2D eigenvalue weighted by atomic mass is 16.3. The Bertz CT molecular complexity index is 675. The third-order valence-corrected chi connectivity index (χ3v) is 3.04. The maximum absolute atomic E-state index is 11.9.